The molecule has 0 bridgehead atoms. The second-order valence-electron chi connectivity index (χ2n) is 8.04. The number of benzene rings is 2. The summed E-state index contributed by atoms with van der Waals surface area (Å²) >= 11 is 0. The molecule has 0 spiro atoms. The lowest BCUT2D eigenvalue weighted by Gasteiger charge is -2.02. The fourth-order valence-electron chi connectivity index (χ4n) is 3.81. The molecule has 27 heavy (non-hydrogen) atoms. The molecule has 148 valence electrons. The molecule has 2 aromatic carbocycles. The van der Waals surface area contributed by atoms with Crippen molar-refractivity contribution in [1.29, 1.82) is 0 Å². The molecule has 2 rings (SSSR count). The first-order chi connectivity index (χ1) is 13.4. The molecule has 0 radical (unpaired) electrons. The molecule has 0 aromatic heterocycles. The average Bonchev–Trinajstić information content (AvgIpc) is 2.71. The van der Waals surface area contributed by atoms with E-state index in [1.165, 1.54) is 106 Å². The summed E-state index contributed by atoms with van der Waals surface area (Å²) in [6, 6.07) is 15.3. The highest BCUT2D eigenvalue weighted by atomic mass is 14.0. The number of hydrogen-bond acceptors (Lipinski definition) is 0. The van der Waals surface area contributed by atoms with Gasteiger partial charge in [-0.1, -0.05) is 133 Å². The number of rotatable bonds is 15. The van der Waals surface area contributed by atoms with E-state index in [1.54, 1.807) is 0 Å². The second-order valence-corrected chi connectivity index (χ2v) is 8.04. The topological polar surface area (TPSA) is 0 Å². The molecule has 0 aliphatic heterocycles. The Morgan fingerprint density at radius 2 is 1.15 bits per heavy atom. The summed E-state index contributed by atoms with van der Waals surface area (Å²) in [5, 5.41) is 2.66. The van der Waals surface area contributed by atoms with Crippen LogP contribution in [0.1, 0.15) is 102 Å². The minimum absolute atomic E-state index is 1.21. The molecular weight excluding hydrogens is 324 g/mol. The van der Waals surface area contributed by atoms with Gasteiger partial charge in [-0.15, -0.1) is 0 Å². The second kappa shape index (κ2) is 14.5. The Morgan fingerprint density at radius 3 is 1.78 bits per heavy atom. The lowest BCUT2D eigenvalue weighted by atomic mass is 10.0. The molecule has 2 aromatic rings. The van der Waals surface area contributed by atoms with Crippen molar-refractivity contribution in [2.45, 2.75) is 96.8 Å². The van der Waals surface area contributed by atoms with Crippen LogP contribution in [0.25, 0.3) is 16.8 Å². The van der Waals surface area contributed by atoms with Gasteiger partial charge in [-0.05, 0) is 35.2 Å². The number of hydrogen-bond donors (Lipinski definition) is 0. The first kappa shape index (κ1) is 21.7. The van der Waals surface area contributed by atoms with Gasteiger partial charge in [0.15, 0.2) is 0 Å². The van der Waals surface area contributed by atoms with Gasteiger partial charge in [0.1, 0.15) is 0 Å². The van der Waals surface area contributed by atoms with E-state index in [1.807, 2.05) is 0 Å². The van der Waals surface area contributed by atoms with Crippen molar-refractivity contribution in [2.75, 3.05) is 0 Å². The van der Waals surface area contributed by atoms with Gasteiger partial charge >= 0.3 is 0 Å². The van der Waals surface area contributed by atoms with Crippen LogP contribution in [0.15, 0.2) is 48.5 Å². The highest BCUT2D eigenvalue weighted by Crippen LogP contribution is 2.17. The van der Waals surface area contributed by atoms with Gasteiger partial charge in [-0.3, -0.25) is 0 Å². The average molecular weight is 365 g/mol. The molecular formula is C27H40. The van der Waals surface area contributed by atoms with Crippen molar-refractivity contribution in [3.8, 4) is 0 Å². The van der Waals surface area contributed by atoms with Crippen molar-refractivity contribution < 1.29 is 0 Å². The van der Waals surface area contributed by atoms with Gasteiger partial charge in [0.05, 0.1) is 0 Å². The van der Waals surface area contributed by atoms with Crippen LogP contribution < -0.4 is 0 Å². The van der Waals surface area contributed by atoms with Crippen molar-refractivity contribution in [3.05, 3.63) is 54.1 Å². The van der Waals surface area contributed by atoms with Gasteiger partial charge < -0.3 is 0 Å². The normalized spacial score (nSPS) is 11.6. The minimum atomic E-state index is 1.21. The quantitative estimate of drug-likeness (QED) is 0.276. The van der Waals surface area contributed by atoms with Crippen LogP contribution in [0.2, 0.25) is 0 Å². The van der Waals surface area contributed by atoms with Crippen molar-refractivity contribution in [3.63, 3.8) is 0 Å². The fourth-order valence-corrected chi connectivity index (χ4v) is 3.81. The minimum Gasteiger partial charge on any atom is -0.0839 e. The summed E-state index contributed by atoms with van der Waals surface area (Å²) in [5.74, 6) is 0. The third kappa shape index (κ3) is 9.80. The zero-order valence-corrected chi connectivity index (χ0v) is 17.6. The Morgan fingerprint density at radius 1 is 0.593 bits per heavy atom. The summed E-state index contributed by atoms with van der Waals surface area (Å²) in [7, 11) is 0. The molecule has 0 fully saturated rings. The molecule has 0 saturated heterocycles. The Hall–Kier alpha value is -1.56. The molecule has 0 saturated carbocycles. The van der Waals surface area contributed by atoms with Crippen LogP contribution in [0.5, 0.6) is 0 Å². The predicted molar refractivity (Wildman–Crippen MR) is 123 cm³/mol. The Balaban J connectivity index is 1.42. The Kier molecular flexibility index (Phi) is 11.7. The third-order valence-corrected chi connectivity index (χ3v) is 5.56. The molecule has 0 atom stereocenters. The van der Waals surface area contributed by atoms with Crippen LogP contribution in [0.3, 0.4) is 0 Å². The largest absolute Gasteiger partial charge is 0.0839 e. The summed E-state index contributed by atoms with van der Waals surface area (Å²) in [6.45, 7) is 2.29. The molecule has 0 heteroatoms. The van der Waals surface area contributed by atoms with Crippen LogP contribution >= 0.6 is 0 Å². The van der Waals surface area contributed by atoms with Crippen LogP contribution in [-0.2, 0) is 0 Å². The van der Waals surface area contributed by atoms with Gasteiger partial charge in [-0.25, -0.2) is 0 Å². The van der Waals surface area contributed by atoms with Crippen molar-refractivity contribution in [2.24, 2.45) is 0 Å². The lowest BCUT2D eigenvalue weighted by Crippen LogP contribution is -1.82. The van der Waals surface area contributed by atoms with Crippen LogP contribution in [-0.4, -0.2) is 0 Å². The Labute approximate surface area is 168 Å². The fraction of sp³-hybridized carbons (Fsp3) is 0.556. The highest BCUT2D eigenvalue weighted by Gasteiger charge is 1.94. The van der Waals surface area contributed by atoms with E-state index < -0.39 is 0 Å². The maximum absolute atomic E-state index is 2.35. The van der Waals surface area contributed by atoms with E-state index in [2.05, 4.69) is 61.5 Å². The van der Waals surface area contributed by atoms with E-state index in [0.29, 0.717) is 0 Å². The van der Waals surface area contributed by atoms with Gasteiger partial charge in [-0.2, -0.15) is 0 Å². The summed E-state index contributed by atoms with van der Waals surface area (Å²) in [5.41, 5.74) is 1.32. The first-order valence-electron chi connectivity index (χ1n) is 11.6. The maximum Gasteiger partial charge on any atom is -0.0178 e. The highest BCUT2D eigenvalue weighted by molar-refractivity contribution is 5.84. The lowest BCUT2D eigenvalue weighted by molar-refractivity contribution is 0.540. The van der Waals surface area contributed by atoms with E-state index >= 15 is 0 Å². The SMILES string of the molecule is CCCCCCCCCCCCCCC/C=C\c1ccc2ccccc2c1. The number of fused-ring (bicyclic) bond motifs is 1. The molecule has 0 amide bonds. The van der Waals surface area contributed by atoms with E-state index in [0.717, 1.165) is 0 Å². The zero-order valence-electron chi connectivity index (χ0n) is 17.6. The molecule has 0 unspecified atom stereocenters. The van der Waals surface area contributed by atoms with Gasteiger partial charge in [0.2, 0.25) is 0 Å². The summed E-state index contributed by atoms with van der Waals surface area (Å²) in [6.07, 6.45) is 24.4. The van der Waals surface area contributed by atoms with E-state index in [9.17, 15) is 0 Å². The third-order valence-electron chi connectivity index (χ3n) is 5.56. The van der Waals surface area contributed by atoms with Gasteiger partial charge in [0.25, 0.3) is 0 Å². The van der Waals surface area contributed by atoms with E-state index in [4.69, 9.17) is 0 Å². The Bertz CT molecular complexity index is 637. The van der Waals surface area contributed by atoms with Crippen LogP contribution in [0.4, 0.5) is 0 Å². The molecule has 0 nitrogen and oxygen atoms in total. The number of unbranched alkanes of at least 4 members (excludes halogenated alkanes) is 13. The maximum atomic E-state index is 2.35. The number of allylic oxidation sites excluding steroid dienone is 1. The first-order valence-corrected chi connectivity index (χ1v) is 11.6. The molecule has 0 N–H and O–H groups in total. The van der Waals surface area contributed by atoms with Crippen molar-refractivity contribution >= 4 is 16.8 Å². The molecule has 0 aliphatic carbocycles. The van der Waals surface area contributed by atoms with Crippen LogP contribution in [0, 0.1) is 0 Å². The van der Waals surface area contributed by atoms with E-state index in [-0.39, 0.29) is 0 Å². The van der Waals surface area contributed by atoms with Gasteiger partial charge in [0, 0.05) is 0 Å². The smallest absolute Gasteiger partial charge is 0.0178 e. The van der Waals surface area contributed by atoms with Crippen molar-refractivity contribution in [1.82, 2.24) is 0 Å². The monoisotopic (exact) mass is 364 g/mol. The predicted octanol–water partition coefficient (Wildman–Crippen LogP) is 9.33. The standard InChI is InChI=1S/C27H40/c1-2-3-4-5-6-7-8-9-10-11-12-13-14-15-16-19-25-22-23-26-20-17-18-21-27(26)24-25/h16-24H,2-15H2,1H3/b19-16-. The summed E-state index contributed by atoms with van der Waals surface area (Å²) < 4.78 is 0. The molecule has 0 aliphatic rings. The molecule has 0 heterocycles. The zero-order chi connectivity index (χ0) is 19.0. The summed E-state index contributed by atoms with van der Waals surface area (Å²) in [4.78, 5) is 0.